The number of hydrogen-bond donors (Lipinski definition) is 2. The lowest BCUT2D eigenvalue weighted by Crippen LogP contribution is -2.11. The zero-order valence-electron chi connectivity index (χ0n) is 10.9. The number of rotatable bonds is 1. The van der Waals surface area contributed by atoms with Gasteiger partial charge in [0.05, 0.1) is 0 Å². The van der Waals surface area contributed by atoms with Crippen molar-refractivity contribution in [3.05, 3.63) is 48.0 Å². The smallest absolute Gasteiger partial charge is 0.161 e. The van der Waals surface area contributed by atoms with Crippen molar-refractivity contribution in [1.82, 2.24) is 0 Å². The summed E-state index contributed by atoms with van der Waals surface area (Å²) in [5.41, 5.74) is 2.47. The van der Waals surface area contributed by atoms with E-state index in [0.717, 1.165) is 16.7 Å². The average Bonchev–Trinajstić information content (AvgIpc) is 2.32. The highest BCUT2D eigenvalue weighted by Gasteiger charge is 2.21. The van der Waals surface area contributed by atoms with Gasteiger partial charge in [-0.1, -0.05) is 51.1 Å². The Hall–Kier alpha value is -1.96. The van der Waals surface area contributed by atoms with Crippen molar-refractivity contribution in [3.63, 3.8) is 0 Å². The van der Waals surface area contributed by atoms with Crippen LogP contribution < -0.4 is 0 Å². The molecule has 2 rings (SSSR count). The third-order valence-corrected chi connectivity index (χ3v) is 3.00. The van der Waals surface area contributed by atoms with E-state index in [2.05, 4.69) is 0 Å². The molecule has 0 aliphatic heterocycles. The normalized spacial score (nSPS) is 11.5. The van der Waals surface area contributed by atoms with Gasteiger partial charge in [0.2, 0.25) is 0 Å². The van der Waals surface area contributed by atoms with Crippen molar-refractivity contribution in [2.45, 2.75) is 26.2 Å². The van der Waals surface area contributed by atoms with Gasteiger partial charge in [0, 0.05) is 5.56 Å². The zero-order chi connectivity index (χ0) is 13.3. The summed E-state index contributed by atoms with van der Waals surface area (Å²) in [6, 6.07) is 13.4. The Balaban J connectivity index is 2.62. The van der Waals surface area contributed by atoms with Crippen LogP contribution in [0, 0.1) is 0 Å². The number of hydrogen-bond acceptors (Lipinski definition) is 2. The summed E-state index contributed by atoms with van der Waals surface area (Å²) < 4.78 is 0. The third kappa shape index (κ3) is 2.33. The molecule has 0 atom stereocenters. The zero-order valence-corrected chi connectivity index (χ0v) is 10.9. The molecule has 0 radical (unpaired) electrons. The molecule has 18 heavy (non-hydrogen) atoms. The molecule has 0 saturated heterocycles. The lowest BCUT2D eigenvalue weighted by atomic mass is 9.84. The van der Waals surface area contributed by atoms with Crippen LogP contribution in [-0.2, 0) is 5.41 Å². The van der Waals surface area contributed by atoms with Crippen LogP contribution in [0.5, 0.6) is 11.5 Å². The quantitative estimate of drug-likeness (QED) is 0.740. The highest BCUT2D eigenvalue weighted by atomic mass is 16.3. The first-order valence-electron chi connectivity index (χ1n) is 6.01. The molecule has 94 valence electrons. The predicted octanol–water partition coefficient (Wildman–Crippen LogP) is 4.06. The van der Waals surface area contributed by atoms with E-state index in [1.54, 1.807) is 6.07 Å². The van der Waals surface area contributed by atoms with Crippen molar-refractivity contribution in [3.8, 4) is 22.6 Å². The number of phenols is 2. The number of benzene rings is 2. The fraction of sp³-hybridized carbons (Fsp3) is 0.250. The monoisotopic (exact) mass is 242 g/mol. The van der Waals surface area contributed by atoms with Crippen molar-refractivity contribution in [2.24, 2.45) is 0 Å². The molecule has 0 aliphatic rings. The summed E-state index contributed by atoms with van der Waals surface area (Å²) in [6.07, 6.45) is 0. The average molecular weight is 242 g/mol. The summed E-state index contributed by atoms with van der Waals surface area (Å²) in [6.45, 7) is 6.03. The van der Waals surface area contributed by atoms with Gasteiger partial charge in [-0.2, -0.15) is 0 Å². The topological polar surface area (TPSA) is 40.5 Å². The standard InChI is InChI=1S/C16H18O2/c1-16(2,3)13-9-12(10-14(17)15(13)18)11-7-5-4-6-8-11/h4-10,17-18H,1-3H3. The molecule has 0 fully saturated rings. The van der Waals surface area contributed by atoms with E-state index in [9.17, 15) is 10.2 Å². The molecule has 2 nitrogen and oxygen atoms in total. The fourth-order valence-electron chi connectivity index (χ4n) is 1.99. The first kappa shape index (κ1) is 12.5. The molecule has 0 heterocycles. The highest BCUT2D eigenvalue weighted by molar-refractivity contribution is 5.69. The molecule has 0 aliphatic carbocycles. The van der Waals surface area contributed by atoms with Gasteiger partial charge < -0.3 is 10.2 Å². The van der Waals surface area contributed by atoms with Crippen LogP contribution in [-0.4, -0.2) is 10.2 Å². The number of phenolic OH excluding ortho intramolecular Hbond substituents is 2. The summed E-state index contributed by atoms with van der Waals surface area (Å²) in [7, 11) is 0. The molecular formula is C16H18O2. The molecule has 2 N–H and O–H groups in total. The SMILES string of the molecule is CC(C)(C)c1cc(-c2ccccc2)cc(O)c1O. The molecule has 0 unspecified atom stereocenters. The van der Waals surface area contributed by atoms with Crippen molar-refractivity contribution >= 4 is 0 Å². The minimum absolute atomic E-state index is 0.0258. The Morgan fingerprint density at radius 1 is 0.833 bits per heavy atom. The molecule has 0 aromatic heterocycles. The van der Waals surface area contributed by atoms with Gasteiger partial charge in [0.15, 0.2) is 11.5 Å². The van der Waals surface area contributed by atoms with Crippen molar-refractivity contribution in [2.75, 3.05) is 0 Å². The van der Waals surface area contributed by atoms with Gasteiger partial charge in [-0.05, 0) is 28.7 Å². The molecule has 2 aromatic rings. The summed E-state index contributed by atoms with van der Waals surface area (Å²) in [5.74, 6) is -0.0940. The Kier molecular flexibility index (Phi) is 3.04. The van der Waals surface area contributed by atoms with E-state index in [0.29, 0.717) is 0 Å². The van der Waals surface area contributed by atoms with Crippen LogP contribution in [0.15, 0.2) is 42.5 Å². The third-order valence-electron chi connectivity index (χ3n) is 3.00. The minimum Gasteiger partial charge on any atom is -0.504 e. The van der Waals surface area contributed by atoms with Gasteiger partial charge in [-0.25, -0.2) is 0 Å². The molecule has 2 heteroatoms. The minimum atomic E-state index is -0.216. The van der Waals surface area contributed by atoms with Gasteiger partial charge in [-0.15, -0.1) is 0 Å². The Labute approximate surface area is 108 Å². The largest absolute Gasteiger partial charge is 0.504 e. The summed E-state index contributed by atoms with van der Waals surface area (Å²) >= 11 is 0. The van der Waals surface area contributed by atoms with E-state index in [-0.39, 0.29) is 16.9 Å². The maximum Gasteiger partial charge on any atom is 0.161 e. The van der Waals surface area contributed by atoms with E-state index in [4.69, 9.17) is 0 Å². The molecule has 0 saturated carbocycles. The molecule has 0 spiro atoms. The summed E-state index contributed by atoms with van der Waals surface area (Å²) in [5, 5.41) is 19.8. The molecule has 0 amide bonds. The van der Waals surface area contributed by atoms with E-state index < -0.39 is 0 Å². The lowest BCUT2D eigenvalue weighted by molar-refractivity contribution is 0.389. The number of aromatic hydroxyl groups is 2. The van der Waals surface area contributed by atoms with Crippen LogP contribution in [0.4, 0.5) is 0 Å². The molecule has 0 bridgehead atoms. The lowest BCUT2D eigenvalue weighted by Gasteiger charge is -2.22. The van der Waals surface area contributed by atoms with E-state index >= 15 is 0 Å². The van der Waals surface area contributed by atoms with Gasteiger partial charge in [0.25, 0.3) is 0 Å². The van der Waals surface area contributed by atoms with Crippen molar-refractivity contribution < 1.29 is 10.2 Å². The predicted molar refractivity (Wildman–Crippen MR) is 73.9 cm³/mol. The Morgan fingerprint density at radius 2 is 1.44 bits per heavy atom. The van der Waals surface area contributed by atoms with Crippen molar-refractivity contribution in [1.29, 1.82) is 0 Å². The van der Waals surface area contributed by atoms with E-state index in [1.165, 1.54) is 0 Å². The second-order valence-electron chi connectivity index (χ2n) is 5.51. The second kappa shape index (κ2) is 4.37. The van der Waals surface area contributed by atoms with Gasteiger partial charge in [-0.3, -0.25) is 0 Å². The van der Waals surface area contributed by atoms with E-state index in [1.807, 2.05) is 57.2 Å². The van der Waals surface area contributed by atoms with Crippen LogP contribution in [0.3, 0.4) is 0 Å². The maximum absolute atomic E-state index is 9.95. The Bertz CT molecular complexity index is 551. The first-order chi connectivity index (χ1) is 8.39. The first-order valence-corrected chi connectivity index (χ1v) is 6.01. The van der Waals surface area contributed by atoms with Crippen LogP contribution in [0.1, 0.15) is 26.3 Å². The molecule has 2 aromatic carbocycles. The van der Waals surface area contributed by atoms with Crippen LogP contribution >= 0.6 is 0 Å². The highest BCUT2D eigenvalue weighted by Crippen LogP contribution is 2.40. The van der Waals surface area contributed by atoms with Gasteiger partial charge >= 0.3 is 0 Å². The van der Waals surface area contributed by atoms with Crippen LogP contribution in [0.2, 0.25) is 0 Å². The van der Waals surface area contributed by atoms with Gasteiger partial charge in [0.1, 0.15) is 0 Å². The van der Waals surface area contributed by atoms with Crippen LogP contribution in [0.25, 0.3) is 11.1 Å². The fourth-order valence-corrected chi connectivity index (χ4v) is 1.99. The summed E-state index contributed by atoms with van der Waals surface area (Å²) in [4.78, 5) is 0. The molecular weight excluding hydrogens is 224 g/mol. The maximum atomic E-state index is 9.95. The Morgan fingerprint density at radius 3 is 2.00 bits per heavy atom. The second-order valence-corrected chi connectivity index (χ2v) is 5.51.